The van der Waals surface area contributed by atoms with Crippen LogP contribution in [0.5, 0.6) is 0 Å². The highest BCUT2D eigenvalue weighted by Crippen LogP contribution is 2.23. The van der Waals surface area contributed by atoms with Crippen molar-refractivity contribution in [3.05, 3.63) is 52.0 Å². The molecule has 6 N–H and O–H groups in total. The van der Waals surface area contributed by atoms with Gasteiger partial charge >= 0.3 is 5.97 Å². The summed E-state index contributed by atoms with van der Waals surface area (Å²) in [5, 5.41) is 20.2. The van der Waals surface area contributed by atoms with E-state index < -0.39 is 29.9 Å². The standard InChI is InChI=1S/C31H48N6O5S.C4H10/c1-6-7-13-37(5)18-28(39)33-17-27(38)35-25(20(2)3)16-24(32)30-36-26(19-43-30)29(40)34-23(14-21(4)31(41)42)15-22-11-9-8-10-12-22;1-3-4-2/h8-12,19-21,23-25H,6-7,13-18,32H2,1-5H3,(H,33,39)(H,34,40)(H,35,38)(H,41,42);3-4H2,1-2H3. The van der Waals surface area contributed by atoms with Crippen LogP contribution in [-0.2, 0) is 20.8 Å². The van der Waals surface area contributed by atoms with E-state index in [1.165, 1.54) is 24.2 Å². The smallest absolute Gasteiger partial charge is 0.306 e. The summed E-state index contributed by atoms with van der Waals surface area (Å²) in [5.74, 6) is -2.37. The zero-order valence-electron chi connectivity index (χ0n) is 29.4. The van der Waals surface area contributed by atoms with Crippen LogP contribution in [0.2, 0.25) is 0 Å². The van der Waals surface area contributed by atoms with E-state index in [2.05, 4.69) is 41.7 Å². The Morgan fingerprint density at radius 3 is 2.19 bits per heavy atom. The summed E-state index contributed by atoms with van der Waals surface area (Å²) in [6, 6.07) is 8.41. The zero-order chi connectivity index (χ0) is 35.4. The van der Waals surface area contributed by atoms with E-state index in [1.54, 1.807) is 12.3 Å². The number of carbonyl (C=O) groups excluding carboxylic acids is 3. The predicted molar refractivity (Wildman–Crippen MR) is 189 cm³/mol. The molecule has 0 aliphatic carbocycles. The van der Waals surface area contributed by atoms with Crippen LogP contribution in [0, 0.1) is 11.8 Å². The van der Waals surface area contributed by atoms with E-state index in [1.807, 2.05) is 56.1 Å². The number of rotatable bonds is 20. The Morgan fingerprint density at radius 1 is 0.957 bits per heavy atom. The molecule has 0 fully saturated rings. The molecule has 11 nitrogen and oxygen atoms in total. The Labute approximate surface area is 285 Å². The average molecular weight is 675 g/mol. The number of nitrogens with two attached hydrogens (primary N) is 1. The third-order valence-corrected chi connectivity index (χ3v) is 8.68. The second kappa shape index (κ2) is 23.1. The van der Waals surface area contributed by atoms with Crippen LogP contribution < -0.4 is 21.7 Å². The molecule has 0 aliphatic heterocycles. The van der Waals surface area contributed by atoms with Gasteiger partial charge in [0, 0.05) is 17.5 Å². The van der Waals surface area contributed by atoms with Gasteiger partial charge < -0.3 is 26.8 Å². The number of hydrogen-bond acceptors (Lipinski definition) is 8. The number of amides is 3. The van der Waals surface area contributed by atoms with Gasteiger partial charge in [0.15, 0.2) is 0 Å². The number of carbonyl (C=O) groups is 4. The zero-order valence-corrected chi connectivity index (χ0v) is 30.2. The van der Waals surface area contributed by atoms with E-state index in [0.29, 0.717) is 17.8 Å². The normalized spacial score (nSPS) is 13.6. The molecular weight excluding hydrogens is 616 g/mol. The van der Waals surface area contributed by atoms with Crippen molar-refractivity contribution in [3.8, 4) is 0 Å². The summed E-state index contributed by atoms with van der Waals surface area (Å²) in [4.78, 5) is 55.8. The van der Waals surface area contributed by atoms with Gasteiger partial charge in [-0.3, -0.25) is 24.1 Å². The lowest BCUT2D eigenvalue weighted by Gasteiger charge is -2.25. The maximum absolute atomic E-state index is 13.1. The van der Waals surface area contributed by atoms with Crippen LogP contribution in [0.3, 0.4) is 0 Å². The molecule has 0 aliphatic rings. The topological polar surface area (TPSA) is 167 Å². The number of hydrogen-bond donors (Lipinski definition) is 5. The lowest BCUT2D eigenvalue weighted by Crippen LogP contribution is -2.46. The Balaban J connectivity index is 0.00000260. The largest absolute Gasteiger partial charge is 0.481 e. The van der Waals surface area contributed by atoms with Gasteiger partial charge in [-0.2, -0.15) is 0 Å². The Hall–Kier alpha value is -3.35. The van der Waals surface area contributed by atoms with Crippen LogP contribution in [-0.4, -0.2) is 77.4 Å². The summed E-state index contributed by atoms with van der Waals surface area (Å²) in [6.07, 6.45) is 5.86. The maximum atomic E-state index is 13.1. The SMILES string of the molecule is CCCC.CCCCN(C)CC(=O)NCC(=O)NC(CC(N)c1nc(C(=O)NC(Cc2ccccc2)CC(C)C(=O)O)cs1)C(C)C. The predicted octanol–water partition coefficient (Wildman–Crippen LogP) is 4.78. The van der Waals surface area contributed by atoms with Crippen molar-refractivity contribution in [2.75, 3.05) is 26.7 Å². The first-order valence-electron chi connectivity index (χ1n) is 16.8. The molecule has 0 radical (unpaired) electrons. The fourth-order valence-electron chi connectivity index (χ4n) is 4.56. The maximum Gasteiger partial charge on any atom is 0.306 e. The number of carboxylic acid groups (broad SMARTS) is 1. The number of nitrogens with one attached hydrogen (secondary N) is 3. The molecule has 264 valence electrons. The summed E-state index contributed by atoms with van der Waals surface area (Å²) in [5.41, 5.74) is 7.68. The summed E-state index contributed by atoms with van der Waals surface area (Å²) >= 11 is 1.27. The van der Waals surface area contributed by atoms with Crippen molar-refractivity contribution in [1.29, 1.82) is 0 Å². The Bertz CT molecular complexity index is 1210. The fourth-order valence-corrected chi connectivity index (χ4v) is 5.37. The molecule has 4 unspecified atom stereocenters. The van der Waals surface area contributed by atoms with E-state index in [0.717, 1.165) is 24.9 Å². The number of nitrogens with zero attached hydrogens (tertiary/aromatic N) is 2. The number of aliphatic carboxylic acids is 1. The van der Waals surface area contributed by atoms with Gasteiger partial charge in [0.05, 0.1) is 25.0 Å². The molecule has 0 saturated carbocycles. The number of likely N-dealkylation sites (N-methyl/N-ethyl adjacent to an activating group) is 1. The molecule has 2 rings (SSSR count). The van der Waals surface area contributed by atoms with Crippen molar-refractivity contribution >= 4 is 35.0 Å². The molecule has 0 bridgehead atoms. The van der Waals surface area contributed by atoms with Crippen LogP contribution in [0.4, 0.5) is 0 Å². The fraction of sp³-hybridized carbons (Fsp3) is 0.629. The van der Waals surface area contributed by atoms with Gasteiger partial charge in [-0.15, -0.1) is 11.3 Å². The minimum Gasteiger partial charge on any atom is -0.481 e. The first-order valence-corrected chi connectivity index (χ1v) is 17.7. The van der Waals surface area contributed by atoms with Crippen molar-refractivity contribution in [2.45, 2.75) is 105 Å². The second-order valence-corrected chi connectivity index (χ2v) is 13.4. The number of carboxylic acids is 1. The van der Waals surface area contributed by atoms with Gasteiger partial charge in [0.1, 0.15) is 10.7 Å². The van der Waals surface area contributed by atoms with Gasteiger partial charge in [-0.25, -0.2) is 4.98 Å². The van der Waals surface area contributed by atoms with Crippen molar-refractivity contribution in [2.24, 2.45) is 17.6 Å². The summed E-state index contributed by atoms with van der Waals surface area (Å²) in [7, 11) is 1.88. The highest BCUT2D eigenvalue weighted by atomic mass is 32.1. The number of unbranched alkanes of at least 4 members (excludes halogenated alkanes) is 2. The van der Waals surface area contributed by atoms with Gasteiger partial charge in [-0.1, -0.05) is 91.1 Å². The highest BCUT2D eigenvalue weighted by Gasteiger charge is 2.25. The summed E-state index contributed by atoms with van der Waals surface area (Å²) < 4.78 is 0. The van der Waals surface area contributed by atoms with Crippen molar-refractivity contribution in [1.82, 2.24) is 25.8 Å². The number of thiazole rings is 1. The Morgan fingerprint density at radius 2 is 1.62 bits per heavy atom. The van der Waals surface area contributed by atoms with Gasteiger partial charge in [0.25, 0.3) is 5.91 Å². The summed E-state index contributed by atoms with van der Waals surface area (Å²) in [6.45, 7) is 13.0. The Kier molecular flexibility index (Phi) is 20.4. The molecule has 0 saturated heterocycles. The molecule has 1 aromatic carbocycles. The van der Waals surface area contributed by atoms with Gasteiger partial charge in [0.2, 0.25) is 11.8 Å². The number of benzene rings is 1. The lowest BCUT2D eigenvalue weighted by molar-refractivity contribution is -0.141. The van der Waals surface area contributed by atoms with E-state index in [-0.39, 0.29) is 49.0 Å². The van der Waals surface area contributed by atoms with Crippen LogP contribution in [0.1, 0.15) is 107 Å². The molecule has 1 heterocycles. The highest BCUT2D eigenvalue weighted by molar-refractivity contribution is 7.09. The minimum atomic E-state index is -0.918. The lowest BCUT2D eigenvalue weighted by atomic mass is 9.96. The molecular formula is C35H58N6O5S. The minimum absolute atomic E-state index is 0.0728. The second-order valence-electron chi connectivity index (χ2n) is 12.5. The van der Waals surface area contributed by atoms with E-state index >= 15 is 0 Å². The van der Waals surface area contributed by atoms with E-state index in [9.17, 15) is 24.3 Å². The van der Waals surface area contributed by atoms with Crippen LogP contribution >= 0.6 is 11.3 Å². The third kappa shape index (κ3) is 17.4. The third-order valence-electron chi connectivity index (χ3n) is 7.70. The van der Waals surface area contributed by atoms with Crippen LogP contribution in [0.15, 0.2) is 35.7 Å². The van der Waals surface area contributed by atoms with Crippen LogP contribution in [0.25, 0.3) is 0 Å². The molecule has 2 aromatic rings. The van der Waals surface area contributed by atoms with Crippen molar-refractivity contribution < 1.29 is 24.3 Å². The first-order chi connectivity index (χ1) is 22.3. The number of aromatic nitrogens is 1. The first kappa shape index (κ1) is 41.7. The molecule has 3 amide bonds. The van der Waals surface area contributed by atoms with Gasteiger partial charge in [-0.05, 0) is 50.8 Å². The molecule has 4 atom stereocenters. The quantitative estimate of drug-likeness (QED) is 0.134. The molecule has 1 aromatic heterocycles. The molecule has 47 heavy (non-hydrogen) atoms. The molecule has 0 spiro atoms. The average Bonchev–Trinajstić information content (AvgIpc) is 3.54. The van der Waals surface area contributed by atoms with Crippen molar-refractivity contribution in [3.63, 3.8) is 0 Å². The monoisotopic (exact) mass is 674 g/mol. The van der Waals surface area contributed by atoms with E-state index in [4.69, 9.17) is 5.73 Å². The molecule has 12 heteroatoms.